The molecule has 2 rings (SSSR count). The van der Waals surface area contributed by atoms with Crippen LogP contribution in [0.1, 0.15) is 31.7 Å². The van der Waals surface area contributed by atoms with E-state index in [4.69, 9.17) is 10.00 Å². The molecule has 1 aromatic rings. The van der Waals surface area contributed by atoms with Gasteiger partial charge in [-0.15, -0.1) is 0 Å². The van der Waals surface area contributed by atoms with Crippen molar-refractivity contribution in [1.29, 1.82) is 5.26 Å². The Labute approximate surface area is 96.9 Å². The molecule has 0 heterocycles. The first-order valence-electron chi connectivity index (χ1n) is 5.87. The molecule has 1 aliphatic rings. The molecule has 0 bridgehead atoms. The molecule has 0 N–H and O–H groups in total. The molecular weight excluding hydrogens is 198 g/mol. The normalized spacial score (nSPS) is 16.5. The van der Waals surface area contributed by atoms with Gasteiger partial charge in [-0.2, -0.15) is 5.26 Å². The summed E-state index contributed by atoms with van der Waals surface area (Å²) in [6.07, 6.45) is 3.88. The molecule has 0 unspecified atom stereocenters. The smallest absolute Gasteiger partial charge is 0.122 e. The van der Waals surface area contributed by atoms with Crippen LogP contribution in [0.15, 0.2) is 24.3 Å². The molecule has 84 valence electrons. The van der Waals surface area contributed by atoms with Crippen molar-refractivity contribution >= 4 is 0 Å². The molecule has 0 radical (unpaired) electrons. The van der Waals surface area contributed by atoms with Crippen molar-refractivity contribution < 1.29 is 4.74 Å². The van der Waals surface area contributed by atoms with Crippen molar-refractivity contribution in [3.8, 4) is 11.8 Å². The lowest BCUT2D eigenvalue weighted by molar-refractivity contribution is 0.235. The van der Waals surface area contributed by atoms with Crippen LogP contribution in [0.3, 0.4) is 0 Å². The van der Waals surface area contributed by atoms with Gasteiger partial charge in [0.1, 0.15) is 5.75 Å². The van der Waals surface area contributed by atoms with Crippen LogP contribution in [0.4, 0.5) is 0 Å². The van der Waals surface area contributed by atoms with Gasteiger partial charge >= 0.3 is 0 Å². The molecule has 0 aromatic heterocycles. The van der Waals surface area contributed by atoms with Crippen LogP contribution in [-0.4, -0.2) is 6.61 Å². The number of ether oxygens (including phenoxy) is 1. The summed E-state index contributed by atoms with van der Waals surface area (Å²) < 4.78 is 5.86. The molecule has 16 heavy (non-hydrogen) atoms. The topological polar surface area (TPSA) is 33.0 Å². The fourth-order valence-corrected chi connectivity index (χ4v) is 1.88. The number of hydrogen-bond donors (Lipinski definition) is 0. The van der Waals surface area contributed by atoms with Crippen LogP contribution in [0, 0.1) is 16.7 Å². The Kier molecular flexibility index (Phi) is 3.14. The van der Waals surface area contributed by atoms with E-state index in [-0.39, 0.29) is 5.41 Å². The molecule has 0 aliphatic heterocycles. The standard InChI is InChI=1S/C14H17NO/c1-2-12-5-3-4-6-13(12)16-11-14(7-8-14)9-10-15/h3-6H,2,7-9,11H2,1H3. The average Bonchev–Trinajstić information content (AvgIpc) is 3.08. The van der Waals surface area contributed by atoms with Crippen LogP contribution < -0.4 is 4.74 Å². The summed E-state index contributed by atoms with van der Waals surface area (Å²) in [7, 11) is 0. The Morgan fingerprint density at radius 1 is 1.38 bits per heavy atom. The van der Waals surface area contributed by atoms with Crippen molar-refractivity contribution in [2.75, 3.05) is 6.61 Å². The minimum absolute atomic E-state index is 0.162. The second kappa shape index (κ2) is 4.57. The highest BCUT2D eigenvalue weighted by atomic mass is 16.5. The zero-order valence-electron chi connectivity index (χ0n) is 9.70. The summed E-state index contributed by atoms with van der Waals surface area (Å²) in [5, 5.41) is 8.73. The molecule has 1 aliphatic carbocycles. The fraction of sp³-hybridized carbons (Fsp3) is 0.500. The van der Waals surface area contributed by atoms with Gasteiger partial charge < -0.3 is 4.74 Å². The maximum absolute atomic E-state index is 8.73. The van der Waals surface area contributed by atoms with E-state index in [1.165, 1.54) is 5.56 Å². The molecule has 0 saturated heterocycles. The Hall–Kier alpha value is -1.49. The summed E-state index contributed by atoms with van der Waals surface area (Å²) >= 11 is 0. The Balaban J connectivity index is 1.97. The molecule has 1 saturated carbocycles. The quantitative estimate of drug-likeness (QED) is 0.754. The number of rotatable bonds is 5. The molecule has 0 spiro atoms. The molecule has 0 atom stereocenters. The first-order chi connectivity index (χ1) is 7.79. The van der Waals surface area contributed by atoms with E-state index in [9.17, 15) is 0 Å². The molecule has 1 fully saturated rings. The van der Waals surface area contributed by atoms with Crippen LogP contribution in [0.5, 0.6) is 5.75 Å². The minimum Gasteiger partial charge on any atom is -0.493 e. The van der Waals surface area contributed by atoms with Gasteiger partial charge in [-0.1, -0.05) is 25.1 Å². The monoisotopic (exact) mass is 215 g/mol. The van der Waals surface area contributed by atoms with Crippen LogP contribution in [0.2, 0.25) is 0 Å². The number of para-hydroxylation sites is 1. The van der Waals surface area contributed by atoms with Gasteiger partial charge in [0.25, 0.3) is 0 Å². The highest BCUT2D eigenvalue weighted by Crippen LogP contribution is 2.48. The van der Waals surface area contributed by atoms with Crippen LogP contribution >= 0.6 is 0 Å². The predicted octanol–water partition coefficient (Wildman–Crippen LogP) is 3.32. The van der Waals surface area contributed by atoms with E-state index in [0.29, 0.717) is 13.0 Å². The minimum atomic E-state index is 0.162. The predicted molar refractivity (Wildman–Crippen MR) is 63.2 cm³/mol. The lowest BCUT2D eigenvalue weighted by Gasteiger charge is -2.15. The van der Waals surface area contributed by atoms with Gasteiger partial charge in [0.15, 0.2) is 0 Å². The SMILES string of the molecule is CCc1ccccc1OCC1(CC#N)CC1. The first-order valence-corrected chi connectivity index (χ1v) is 5.87. The van der Waals surface area contributed by atoms with Gasteiger partial charge in [-0.05, 0) is 30.9 Å². The van der Waals surface area contributed by atoms with Gasteiger partial charge in [0.2, 0.25) is 0 Å². The van der Waals surface area contributed by atoms with Crippen molar-refractivity contribution in [3.63, 3.8) is 0 Å². The van der Waals surface area contributed by atoms with Crippen LogP contribution in [-0.2, 0) is 6.42 Å². The Morgan fingerprint density at radius 2 is 2.12 bits per heavy atom. The van der Waals surface area contributed by atoms with E-state index in [1.54, 1.807) is 0 Å². The lowest BCUT2D eigenvalue weighted by Crippen LogP contribution is -2.13. The lowest BCUT2D eigenvalue weighted by atomic mass is 10.1. The van der Waals surface area contributed by atoms with E-state index in [1.807, 2.05) is 18.2 Å². The Bertz CT molecular complexity index is 401. The first kappa shape index (κ1) is 11.0. The third-order valence-corrected chi connectivity index (χ3v) is 3.30. The van der Waals surface area contributed by atoms with Gasteiger partial charge in [-0.3, -0.25) is 0 Å². The fourth-order valence-electron chi connectivity index (χ4n) is 1.88. The van der Waals surface area contributed by atoms with Gasteiger partial charge in [-0.25, -0.2) is 0 Å². The zero-order chi connectivity index (χ0) is 11.4. The largest absolute Gasteiger partial charge is 0.493 e. The summed E-state index contributed by atoms with van der Waals surface area (Å²) in [5.41, 5.74) is 1.41. The molecule has 0 amide bonds. The third kappa shape index (κ3) is 2.36. The van der Waals surface area contributed by atoms with Gasteiger partial charge in [0.05, 0.1) is 12.7 Å². The maximum atomic E-state index is 8.73. The second-order valence-electron chi connectivity index (χ2n) is 4.58. The van der Waals surface area contributed by atoms with Crippen molar-refractivity contribution in [1.82, 2.24) is 0 Å². The molecule has 2 heteroatoms. The molecule has 1 aromatic carbocycles. The summed E-state index contributed by atoms with van der Waals surface area (Å²) in [4.78, 5) is 0. The second-order valence-corrected chi connectivity index (χ2v) is 4.58. The van der Waals surface area contributed by atoms with E-state index in [2.05, 4.69) is 19.1 Å². The average molecular weight is 215 g/mol. The number of aryl methyl sites for hydroxylation is 1. The maximum Gasteiger partial charge on any atom is 0.122 e. The summed E-state index contributed by atoms with van der Waals surface area (Å²) in [6.45, 7) is 2.82. The van der Waals surface area contributed by atoms with Crippen molar-refractivity contribution in [2.45, 2.75) is 32.6 Å². The number of nitriles is 1. The highest BCUT2D eigenvalue weighted by Gasteiger charge is 2.43. The van der Waals surface area contributed by atoms with E-state index in [0.717, 1.165) is 25.0 Å². The summed E-state index contributed by atoms with van der Waals surface area (Å²) in [6, 6.07) is 10.4. The highest BCUT2D eigenvalue weighted by molar-refractivity contribution is 5.33. The van der Waals surface area contributed by atoms with Crippen LogP contribution in [0.25, 0.3) is 0 Å². The van der Waals surface area contributed by atoms with E-state index >= 15 is 0 Å². The van der Waals surface area contributed by atoms with Gasteiger partial charge in [0, 0.05) is 11.8 Å². The van der Waals surface area contributed by atoms with E-state index < -0.39 is 0 Å². The Morgan fingerprint density at radius 3 is 2.75 bits per heavy atom. The molecular formula is C14H17NO. The van der Waals surface area contributed by atoms with Crippen molar-refractivity contribution in [3.05, 3.63) is 29.8 Å². The summed E-state index contributed by atoms with van der Waals surface area (Å²) in [5.74, 6) is 0.981. The number of nitrogens with zero attached hydrogens (tertiary/aromatic N) is 1. The number of hydrogen-bond acceptors (Lipinski definition) is 2. The molecule has 2 nitrogen and oxygen atoms in total. The van der Waals surface area contributed by atoms with Crippen molar-refractivity contribution in [2.24, 2.45) is 5.41 Å². The third-order valence-electron chi connectivity index (χ3n) is 3.30. The number of benzene rings is 1. The zero-order valence-corrected chi connectivity index (χ0v) is 9.70.